The molecule has 0 atom stereocenters. The average molecular weight is 335 g/mol. The first-order valence-electron chi connectivity index (χ1n) is 6.88. The minimum Gasteiger partial charge on any atom is -0.476 e. The molecule has 6 heteroatoms. The number of allylic oxidation sites excluding steroid dienone is 3. The Balaban J connectivity index is 2.29. The van der Waals surface area contributed by atoms with Gasteiger partial charge in [-0.15, -0.1) is 0 Å². The maximum Gasteiger partial charge on any atom is 0.355 e. The van der Waals surface area contributed by atoms with Crippen LogP contribution in [0.5, 0.6) is 0 Å². The van der Waals surface area contributed by atoms with E-state index in [9.17, 15) is 14.3 Å². The fourth-order valence-corrected chi connectivity index (χ4v) is 2.38. The predicted molar refractivity (Wildman–Crippen MR) is 87.8 cm³/mol. The number of halogens is 2. The van der Waals surface area contributed by atoms with Gasteiger partial charge in [0.25, 0.3) is 0 Å². The SMILES string of the molecule is C=C1C=CC(NCc2ccc(F)cc2Cl)=C(C(=O)O)N1/C=C\C. The fraction of sp³-hybridized carbons (Fsp3) is 0.118. The van der Waals surface area contributed by atoms with Crippen LogP contribution in [0.4, 0.5) is 4.39 Å². The van der Waals surface area contributed by atoms with Crippen LogP contribution < -0.4 is 5.32 Å². The summed E-state index contributed by atoms with van der Waals surface area (Å²) >= 11 is 5.98. The van der Waals surface area contributed by atoms with Crippen molar-refractivity contribution in [1.29, 1.82) is 0 Å². The van der Waals surface area contributed by atoms with Crippen molar-refractivity contribution in [3.63, 3.8) is 0 Å². The zero-order valence-electron chi connectivity index (χ0n) is 12.5. The Morgan fingerprint density at radius 2 is 2.22 bits per heavy atom. The highest BCUT2D eigenvalue weighted by molar-refractivity contribution is 6.31. The number of rotatable bonds is 5. The third kappa shape index (κ3) is 3.81. The van der Waals surface area contributed by atoms with Crippen LogP contribution in [0.15, 0.2) is 66.3 Å². The van der Waals surface area contributed by atoms with Crippen molar-refractivity contribution in [1.82, 2.24) is 10.2 Å². The van der Waals surface area contributed by atoms with Gasteiger partial charge in [-0.3, -0.25) is 0 Å². The minimum atomic E-state index is -1.08. The van der Waals surface area contributed by atoms with E-state index >= 15 is 0 Å². The van der Waals surface area contributed by atoms with Crippen LogP contribution in [0.2, 0.25) is 5.02 Å². The van der Waals surface area contributed by atoms with Crippen molar-refractivity contribution in [2.45, 2.75) is 13.5 Å². The monoisotopic (exact) mass is 334 g/mol. The van der Waals surface area contributed by atoms with Gasteiger partial charge in [0.2, 0.25) is 0 Å². The van der Waals surface area contributed by atoms with Gasteiger partial charge in [-0.25, -0.2) is 9.18 Å². The molecule has 1 aromatic carbocycles. The molecule has 0 unspecified atom stereocenters. The first-order valence-corrected chi connectivity index (χ1v) is 7.26. The van der Waals surface area contributed by atoms with Crippen molar-refractivity contribution >= 4 is 17.6 Å². The van der Waals surface area contributed by atoms with Gasteiger partial charge >= 0.3 is 5.97 Å². The quantitative estimate of drug-likeness (QED) is 0.860. The second-order valence-corrected chi connectivity index (χ2v) is 5.24. The number of nitrogens with zero attached hydrogens (tertiary/aromatic N) is 1. The number of benzene rings is 1. The van der Waals surface area contributed by atoms with E-state index in [1.165, 1.54) is 17.0 Å². The topological polar surface area (TPSA) is 52.6 Å². The average Bonchev–Trinajstić information content (AvgIpc) is 2.49. The van der Waals surface area contributed by atoms with Gasteiger partial charge in [0.15, 0.2) is 5.70 Å². The molecule has 1 aliphatic heterocycles. The minimum absolute atomic E-state index is 0.0637. The summed E-state index contributed by atoms with van der Waals surface area (Å²) in [6.07, 6.45) is 6.70. The molecule has 2 N–H and O–H groups in total. The number of hydrogen-bond donors (Lipinski definition) is 2. The summed E-state index contributed by atoms with van der Waals surface area (Å²) in [6, 6.07) is 4.08. The van der Waals surface area contributed by atoms with E-state index in [0.29, 0.717) is 17.0 Å². The Labute approximate surface area is 138 Å². The highest BCUT2D eigenvalue weighted by Crippen LogP contribution is 2.24. The second-order valence-electron chi connectivity index (χ2n) is 4.83. The molecular formula is C17H16ClFN2O2. The standard InChI is InChI=1S/C17H16ClFN2O2/c1-3-8-21-11(2)4-7-15(16(21)17(22)23)20-10-12-5-6-13(19)9-14(12)18/h3-9,20H,2,10H2,1H3,(H,22,23)/b8-3-. The zero-order valence-corrected chi connectivity index (χ0v) is 13.3. The molecule has 2 rings (SSSR count). The van der Waals surface area contributed by atoms with Gasteiger partial charge in [0, 0.05) is 23.5 Å². The zero-order chi connectivity index (χ0) is 17.0. The molecule has 0 saturated carbocycles. The van der Waals surface area contributed by atoms with Crippen molar-refractivity contribution in [3.05, 3.63) is 82.7 Å². The Bertz CT molecular complexity index is 738. The van der Waals surface area contributed by atoms with E-state index in [0.717, 1.165) is 0 Å². The number of hydrogen-bond acceptors (Lipinski definition) is 3. The van der Waals surface area contributed by atoms with Crippen LogP contribution in [-0.2, 0) is 11.3 Å². The van der Waals surface area contributed by atoms with Crippen molar-refractivity contribution in [2.24, 2.45) is 0 Å². The largest absolute Gasteiger partial charge is 0.476 e. The molecule has 0 radical (unpaired) electrons. The summed E-state index contributed by atoms with van der Waals surface area (Å²) in [7, 11) is 0. The second kappa shape index (κ2) is 7.15. The lowest BCUT2D eigenvalue weighted by Gasteiger charge is -2.27. The molecule has 1 heterocycles. The van der Waals surface area contributed by atoms with Crippen molar-refractivity contribution < 1.29 is 14.3 Å². The van der Waals surface area contributed by atoms with Crippen LogP contribution in [0, 0.1) is 5.82 Å². The van der Waals surface area contributed by atoms with Crippen LogP contribution in [0.3, 0.4) is 0 Å². The molecule has 0 fully saturated rings. The molecule has 120 valence electrons. The summed E-state index contributed by atoms with van der Waals surface area (Å²) in [5.74, 6) is -1.50. The molecule has 1 aliphatic rings. The smallest absolute Gasteiger partial charge is 0.355 e. The summed E-state index contributed by atoms with van der Waals surface area (Å²) in [5, 5.41) is 12.8. The maximum atomic E-state index is 13.1. The van der Waals surface area contributed by atoms with Gasteiger partial charge < -0.3 is 15.3 Å². The van der Waals surface area contributed by atoms with Gasteiger partial charge in [-0.2, -0.15) is 0 Å². The van der Waals surface area contributed by atoms with Gasteiger partial charge in [0.05, 0.1) is 5.70 Å². The van der Waals surface area contributed by atoms with Crippen LogP contribution in [0.1, 0.15) is 12.5 Å². The van der Waals surface area contributed by atoms with Crippen LogP contribution in [-0.4, -0.2) is 16.0 Å². The molecule has 0 bridgehead atoms. The Kier molecular flexibility index (Phi) is 5.24. The number of carboxylic acids is 1. The third-order valence-corrected chi connectivity index (χ3v) is 3.58. The lowest BCUT2D eigenvalue weighted by molar-refractivity contribution is -0.134. The molecule has 4 nitrogen and oxygen atoms in total. The summed E-state index contributed by atoms with van der Waals surface area (Å²) in [5.41, 5.74) is 1.70. The summed E-state index contributed by atoms with van der Waals surface area (Å²) < 4.78 is 13.1. The first kappa shape index (κ1) is 16.8. The molecule has 1 aromatic rings. The van der Waals surface area contributed by atoms with E-state index in [1.807, 2.05) is 0 Å². The maximum absolute atomic E-state index is 13.1. The highest BCUT2D eigenvalue weighted by atomic mass is 35.5. The number of carbonyl (C=O) groups is 1. The third-order valence-electron chi connectivity index (χ3n) is 3.23. The van der Waals surface area contributed by atoms with E-state index < -0.39 is 11.8 Å². The molecule has 0 aromatic heterocycles. The molecule has 0 saturated heterocycles. The number of aliphatic carboxylic acids is 1. The fourth-order valence-electron chi connectivity index (χ4n) is 2.15. The highest BCUT2D eigenvalue weighted by Gasteiger charge is 2.23. The lowest BCUT2D eigenvalue weighted by atomic mass is 10.1. The van der Waals surface area contributed by atoms with E-state index in [1.54, 1.807) is 37.4 Å². The normalized spacial score (nSPS) is 14.7. The van der Waals surface area contributed by atoms with Gasteiger partial charge in [0.1, 0.15) is 5.82 Å². The predicted octanol–water partition coefficient (Wildman–Crippen LogP) is 3.78. The lowest BCUT2D eigenvalue weighted by Crippen LogP contribution is -2.29. The Morgan fingerprint density at radius 3 is 2.83 bits per heavy atom. The van der Waals surface area contributed by atoms with Crippen LogP contribution in [0.25, 0.3) is 0 Å². The van der Waals surface area contributed by atoms with E-state index in [-0.39, 0.29) is 17.3 Å². The number of nitrogens with one attached hydrogen (secondary N) is 1. The molecule has 0 spiro atoms. The van der Waals surface area contributed by atoms with Gasteiger partial charge in [-0.1, -0.05) is 30.3 Å². The summed E-state index contributed by atoms with van der Waals surface area (Å²) in [6.45, 7) is 5.88. The molecule has 0 amide bonds. The Morgan fingerprint density at radius 1 is 1.48 bits per heavy atom. The van der Waals surface area contributed by atoms with Crippen molar-refractivity contribution in [3.8, 4) is 0 Å². The van der Waals surface area contributed by atoms with Crippen LogP contribution >= 0.6 is 11.6 Å². The number of carboxylic acid groups (broad SMARTS) is 1. The molecule has 0 aliphatic carbocycles. The van der Waals surface area contributed by atoms with E-state index in [4.69, 9.17) is 11.6 Å². The summed E-state index contributed by atoms with van der Waals surface area (Å²) in [4.78, 5) is 13.1. The van der Waals surface area contributed by atoms with E-state index in [2.05, 4.69) is 11.9 Å². The first-order chi connectivity index (χ1) is 10.9. The Hall–Kier alpha value is -2.53. The van der Waals surface area contributed by atoms with Crippen molar-refractivity contribution in [2.75, 3.05) is 0 Å². The molecular weight excluding hydrogens is 319 g/mol. The van der Waals surface area contributed by atoms with Gasteiger partial charge in [-0.05, 0) is 36.8 Å². The molecule has 23 heavy (non-hydrogen) atoms.